The maximum absolute atomic E-state index is 14.6. The molecule has 0 spiro atoms. The van der Waals surface area contributed by atoms with Crippen LogP contribution in [0.15, 0.2) is 36.4 Å². The molecule has 4 fully saturated rings. The number of nitrogens with zero attached hydrogens (tertiary/aromatic N) is 3. The van der Waals surface area contributed by atoms with E-state index in [9.17, 15) is 46.7 Å². The van der Waals surface area contributed by atoms with Crippen LogP contribution in [-0.4, -0.2) is 131 Å². The van der Waals surface area contributed by atoms with E-state index in [1.54, 1.807) is 0 Å². The number of ether oxygens (including phenoxy) is 2. The number of hydrogen-bond donors (Lipinski definition) is 4. The third-order valence-corrected chi connectivity index (χ3v) is 11.1. The van der Waals surface area contributed by atoms with Gasteiger partial charge in [0.15, 0.2) is 0 Å². The van der Waals surface area contributed by atoms with E-state index < -0.39 is 108 Å². The van der Waals surface area contributed by atoms with Crippen molar-refractivity contribution in [2.45, 2.75) is 88.8 Å². The SMILES string of the molecule is C[C@@H]1C[C@H]2C(=O)O[C@@H](C)[C@H](NC(=O)[C@H](Cc3cc(F)cc(F)c3)NC(=O)Nc3ccc(Cl)cc3F)C(=O)N3CCC[C@H]3C(=O)N3CCOC[C@H]3C(=O)N[C@@H](C)C(=O)N2C1. The van der Waals surface area contributed by atoms with Gasteiger partial charge in [0.2, 0.25) is 29.5 Å². The summed E-state index contributed by atoms with van der Waals surface area (Å²) in [7, 11) is 0. The maximum atomic E-state index is 14.6. The van der Waals surface area contributed by atoms with E-state index in [2.05, 4.69) is 21.3 Å². The molecule has 4 heterocycles. The van der Waals surface area contributed by atoms with Gasteiger partial charge in [-0.05, 0) is 74.9 Å². The Morgan fingerprint density at radius 1 is 0.898 bits per heavy atom. The summed E-state index contributed by atoms with van der Waals surface area (Å²) in [6.07, 6.45) is -1.25. The minimum atomic E-state index is -1.72. The lowest BCUT2D eigenvalue weighted by Gasteiger charge is -2.39. The number of halogens is 4. The Morgan fingerprint density at radius 3 is 2.32 bits per heavy atom. The number of urea groups is 1. The minimum Gasteiger partial charge on any atom is -0.458 e. The van der Waals surface area contributed by atoms with Gasteiger partial charge in [-0.3, -0.25) is 24.0 Å². The number of benzene rings is 2. The molecule has 4 aliphatic rings. The number of carbonyl (C=O) groups excluding carboxylic acids is 7. The Bertz CT molecular complexity index is 1990. The first-order valence-electron chi connectivity index (χ1n) is 19.3. The van der Waals surface area contributed by atoms with Gasteiger partial charge in [0, 0.05) is 37.1 Å². The van der Waals surface area contributed by atoms with Crippen LogP contribution >= 0.6 is 11.6 Å². The first-order valence-corrected chi connectivity index (χ1v) is 19.7. The van der Waals surface area contributed by atoms with Crippen molar-refractivity contribution in [1.82, 2.24) is 30.7 Å². The molecule has 2 aromatic carbocycles. The molecule has 16 nitrogen and oxygen atoms in total. The summed E-state index contributed by atoms with van der Waals surface area (Å²) in [5.41, 5.74) is -0.392. The van der Waals surface area contributed by atoms with Crippen molar-refractivity contribution >= 4 is 58.8 Å². The molecular formula is C39H45ClF3N7O9. The summed E-state index contributed by atoms with van der Waals surface area (Å²) in [5, 5.41) is 9.85. The third kappa shape index (κ3) is 9.89. The molecule has 4 aliphatic heterocycles. The lowest BCUT2D eigenvalue weighted by molar-refractivity contribution is -0.164. The van der Waals surface area contributed by atoms with Crippen molar-refractivity contribution in [3.05, 3.63) is 64.4 Å². The van der Waals surface area contributed by atoms with Crippen LogP contribution in [-0.2, 0) is 44.7 Å². The number of carbonyl (C=O) groups is 7. The Kier molecular flexibility index (Phi) is 13.3. The first-order chi connectivity index (χ1) is 28.0. The van der Waals surface area contributed by atoms with E-state index >= 15 is 0 Å². The lowest BCUT2D eigenvalue weighted by Crippen LogP contribution is -2.64. The second-order valence-corrected chi connectivity index (χ2v) is 15.7. The van der Waals surface area contributed by atoms with Gasteiger partial charge in [0.1, 0.15) is 59.8 Å². The molecular weight excluding hydrogens is 803 g/mol. The summed E-state index contributed by atoms with van der Waals surface area (Å²) < 4.78 is 54.6. The number of morpholine rings is 1. The molecule has 0 saturated carbocycles. The second kappa shape index (κ2) is 18.2. The summed E-state index contributed by atoms with van der Waals surface area (Å²) in [5.74, 6) is -7.67. The van der Waals surface area contributed by atoms with Crippen LogP contribution in [0.25, 0.3) is 0 Å². The van der Waals surface area contributed by atoms with Crippen LogP contribution in [0, 0.1) is 23.4 Å². The van der Waals surface area contributed by atoms with Crippen molar-refractivity contribution in [3.63, 3.8) is 0 Å². The normalized spacial score (nSPS) is 27.3. The zero-order chi connectivity index (χ0) is 42.7. The van der Waals surface area contributed by atoms with Gasteiger partial charge in [-0.25, -0.2) is 22.8 Å². The van der Waals surface area contributed by atoms with E-state index in [1.165, 1.54) is 40.7 Å². The average Bonchev–Trinajstić information content (AvgIpc) is 3.83. The summed E-state index contributed by atoms with van der Waals surface area (Å²) >= 11 is 5.83. The molecule has 0 aromatic heterocycles. The Hall–Kier alpha value is -5.43. The third-order valence-electron chi connectivity index (χ3n) is 10.8. The number of cyclic esters (lactones) is 1. The van der Waals surface area contributed by atoms with E-state index in [1.807, 2.05) is 6.92 Å². The Labute approximate surface area is 342 Å². The highest BCUT2D eigenvalue weighted by molar-refractivity contribution is 6.30. The second-order valence-electron chi connectivity index (χ2n) is 15.3. The highest BCUT2D eigenvalue weighted by atomic mass is 35.5. The molecule has 59 heavy (non-hydrogen) atoms. The largest absolute Gasteiger partial charge is 0.458 e. The van der Waals surface area contributed by atoms with E-state index in [0.29, 0.717) is 12.5 Å². The molecule has 8 atom stereocenters. The van der Waals surface area contributed by atoms with Gasteiger partial charge < -0.3 is 45.4 Å². The lowest BCUT2D eigenvalue weighted by atomic mass is 10.0. The number of fused-ring (bicyclic) bond motifs is 3. The van der Waals surface area contributed by atoms with Crippen molar-refractivity contribution in [2.75, 3.05) is 38.2 Å². The fraction of sp³-hybridized carbons (Fsp3) is 0.513. The van der Waals surface area contributed by atoms with Crippen LogP contribution in [0.1, 0.15) is 45.6 Å². The smallest absolute Gasteiger partial charge is 0.329 e. The first kappa shape index (κ1) is 43.2. The molecule has 318 valence electrons. The van der Waals surface area contributed by atoms with Crippen molar-refractivity contribution in [1.29, 1.82) is 0 Å². The van der Waals surface area contributed by atoms with Gasteiger partial charge in [-0.1, -0.05) is 18.5 Å². The van der Waals surface area contributed by atoms with Crippen LogP contribution in [0.2, 0.25) is 5.02 Å². The average molecular weight is 848 g/mol. The zero-order valence-electron chi connectivity index (χ0n) is 32.5. The van der Waals surface area contributed by atoms with Crippen LogP contribution in [0.5, 0.6) is 0 Å². The topological polar surface area (TPSA) is 196 Å². The summed E-state index contributed by atoms with van der Waals surface area (Å²) in [4.78, 5) is 101. The molecule has 4 saturated heterocycles. The number of nitrogens with one attached hydrogen (secondary N) is 4. The molecule has 2 aromatic rings. The fourth-order valence-electron chi connectivity index (χ4n) is 7.92. The molecule has 20 heteroatoms. The van der Waals surface area contributed by atoms with Crippen LogP contribution < -0.4 is 21.3 Å². The van der Waals surface area contributed by atoms with E-state index in [-0.39, 0.29) is 67.9 Å². The highest BCUT2D eigenvalue weighted by Gasteiger charge is 2.47. The quantitative estimate of drug-likeness (QED) is 0.314. The summed E-state index contributed by atoms with van der Waals surface area (Å²) in [6, 6.07) is -3.12. The van der Waals surface area contributed by atoms with Gasteiger partial charge in [0.05, 0.1) is 18.9 Å². The van der Waals surface area contributed by atoms with Gasteiger partial charge in [-0.2, -0.15) is 0 Å². The minimum absolute atomic E-state index is 0.00762. The Balaban J connectivity index is 1.34. The fourth-order valence-corrected chi connectivity index (χ4v) is 8.08. The van der Waals surface area contributed by atoms with Crippen LogP contribution in [0.4, 0.5) is 23.7 Å². The molecule has 6 rings (SSSR count). The number of rotatable bonds is 6. The van der Waals surface area contributed by atoms with Gasteiger partial charge >= 0.3 is 12.0 Å². The zero-order valence-corrected chi connectivity index (χ0v) is 33.2. The molecule has 0 unspecified atom stereocenters. The van der Waals surface area contributed by atoms with E-state index in [0.717, 1.165) is 18.2 Å². The van der Waals surface area contributed by atoms with Crippen molar-refractivity contribution in [3.8, 4) is 0 Å². The van der Waals surface area contributed by atoms with Gasteiger partial charge in [0.25, 0.3) is 0 Å². The molecule has 0 radical (unpaired) electrons. The highest BCUT2D eigenvalue weighted by Crippen LogP contribution is 2.28. The monoisotopic (exact) mass is 847 g/mol. The van der Waals surface area contributed by atoms with Crippen molar-refractivity contribution in [2.24, 2.45) is 5.92 Å². The number of amides is 7. The van der Waals surface area contributed by atoms with E-state index in [4.69, 9.17) is 21.1 Å². The number of esters is 1. The standard InChI is InChI=1S/C39H45ClF3N7O9/c1-19-11-30-38(56)59-21(3)32(47-33(51)28(14-22-12-24(41)16-25(42)13-22)46-39(57)45-27-7-6-23(40)15-26(27)43)37(55)48-8-4-5-29(48)36(54)49-9-10-58-18-31(49)34(52)44-20(2)35(53)50(30)17-19/h6-7,12-13,15-16,19-21,28-32H,4-5,8-11,14,17-18H2,1-3H3,(H,44,52)(H,47,51)(H2,45,46,57)/t19-,20+,21+,28+,29+,30+,31+,32+/m1/s1. The molecule has 0 bridgehead atoms. The van der Waals surface area contributed by atoms with Gasteiger partial charge in [-0.15, -0.1) is 0 Å². The maximum Gasteiger partial charge on any atom is 0.329 e. The van der Waals surface area contributed by atoms with Crippen molar-refractivity contribution < 1.29 is 56.2 Å². The molecule has 4 N–H and O–H groups in total. The predicted octanol–water partition coefficient (Wildman–Crippen LogP) is 1.88. The number of hydrogen-bond acceptors (Lipinski definition) is 9. The molecule has 0 aliphatic carbocycles. The molecule has 7 amide bonds. The van der Waals surface area contributed by atoms with Crippen LogP contribution in [0.3, 0.4) is 0 Å². The predicted molar refractivity (Wildman–Crippen MR) is 203 cm³/mol. The summed E-state index contributed by atoms with van der Waals surface area (Å²) in [6.45, 7) is 4.75. The number of anilines is 1. The Morgan fingerprint density at radius 2 is 1.61 bits per heavy atom.